The molecule has 0 aliphatic rings. The summed E-state index contributed by atoms with van der Waals surface area (Å²) in [7, 11) is 2.19. The lowest BCUT2D eigenvalue weighted by molar-refractivity contribution is -0.925. The summed E-state index contributed by atoms with van der Waals surface area (Å²) in [5, 5.41) is 83.3. The van der Waals surface area contributed by atoms with Gasteiger partial charge in [-0.1, -0.05) is 127 Å². The minimum Gasteiger partial charge on any atom is -1.00 e. The number of aromatic nitrogens is 1. The number of nitrogens with zero attached hydrogens (tertiary/aromatic N) is 10. The normalized spacial score (nSPS) is 11.3. The molecule has 5 rings (SSSR count). The number of nitro groups is 6. The van der Waals surface area contributed by atoms with Crippen molar-refractivity contribution in [2.24, 2.45) is 0 Å². The molecule has 0 saturated heterocycles. The number of hydrogen-bond donors (Lipinski definition) is 2. The van der Waals surface area contributed by atoms with Gasteiger partial charge in [0.15, 0.2) is 18.9 Å². The number of carbonyl (C=O) groups is 2. The summed E-state index contributed by atoms with van der Waals surface area (Å²) in [6, 6.07) is 18.7. The van der Waals surface area contributed by atoms with Crippen molar-refractivity contribution in [3.05, 3.63) is 162 Å². The standard InChI is InChI=1S/C66H90N12O14.BrH/c1-5-78(6-2,7-3)45-27-42-71-43-37-51(38-44-71)29-30-52-31-32-54-47-55(34-33-53(54)46-52)70(4)41-26-22-18-14-9-8-12-16-20-24-39-67-62(79)28-23-19-15-11-10-13-17-21-25-40-68-63(80)36-35-57-58(73(83)84)50-61(76(89)90)65(66(57)77(91)92)69-64-59(74(85)86)48-56(72(81)82)49-60(64)75(87)88;/h29-34,37-38,43-44,46-50H,5-28,35-36,39-42,45H2,1-4H3,(H-,67,68,79,80);1H. The van der Waals surface area contributed by atoms with E-state index in [0.717, 1.165) is 77.3 Å². The van der Waals surface area contributed by atoms with Crippen LogP contribution in [0.5, 0.6) is 0 Å². The van der Waals surface area contributed by atoms with E-state index in [1.54, 1.807) is 0 Å². The van der Waals surface area contributed by atoms with Crippen molar-refractivity contribution < 1.29 is 65.2 Å². The van der Waals surface area contributed by atoms with Gasteiger partial charge < -0.3 is 42.3 Å². The van der Waals surface area contributed by atoms with Crippen molar-refractivity contribution in [1.29, 1.82) is 0 Å². The van der Waals surface area contributed by atoms with Gasteiger partial charge in [0.25, 0.3) is 34.1 Å². The maximum Gasteiger partial charge on any atom is 0.286 e. The number of carbonyl (C=O) groups excluding carboxylic acids is 2. The molecule has 93 heavy (non-hydrogen) atoms. The number of halogens is 1. The van der Waals surface area contributed by atoms with Gasteiger partial charge in [0.2, 0.25) is 11.8 Å². The summed E-state index contributed by atoms with van der Waals surface area (Å²) in [4.78, 5) is 91.5. The minimum atomic E-state index is -1.43. The summed E-state index contributed by atoms with van der Waals surface area (Å²) in [6.07, 6.45) is 29.2. The summed E-state index contributed by atoms with van der Waals surface area (Å²) in [5.41, 5.74) is -7.81. The number of non-ortho nitro benzene ring substituents is 1. The molecule has 0 spiro atoms. The van der Waals surface area contributed by atoms with E-state index in [1.807, 2.05) is 0 Å². The third kappa shape index (κ3) is 25.1. The third-order valence-corrected chi connectivity index (χ3v) is 17.3. The fourth-order valence-electron chi connectivity index (χ4n) is 11.5. The number of anilines is 1. The Bertz CT molecular complexity index is 3300. The molecule has 1 aromatic heterocycles. The van der Waals surface area contributed by atoms with E-state index in [4.69, 9.17) is 0 Å². The fraction of sp³-hybridized carbons (Fsp3) is 0.530. The number of benzene rings is 4. The first kappa shape index (κ1) is 76.9. The van der Waals surface area contributed by atoms with Crippen LogP contribution in [0.25, 0.3) is 28.2 Å². The van der Waals surface area contributed by atoms with Crippen LogP contribution in [-0.4, -0.2) is 98.7 Å². The van der Waals surface area contributed by atoms with Crippen molar-refractivity contribution in [3.63, 3.8) is 0 Å². The van der Waals surface area contributed by atoms with Crippen molar-refractivity contribution in [2.75, 3.05) is 57.8 Å². The number of fused-ring (bicyclic) bond motifs is 1. The molecular formula is C66H91BrN12O14. The summed E-state index contributed by atoms with van der Waals surface area (Å²) in [5.74, 6) is -0.575. The molecule has 0 aliphatic heterocycles. The Morgan fingerprint density at radius 3 is 1.47 bits per heavy atom. The highest BCUT2D eigenvalue weighted by atomic mass is 79.9. The molecular weight excluding hydrogens is 1260 g/mol. The minimum absolute atomic E-state index is 0. The van der Waals surface area contributed by atoms with Crippen LogP contribution in [-0.2, 0) is 22.6 Å². The number of aryl methyl sites for hydroxylation is 1. The molecule has 0 saturated carbocycles. The van der Waals surface area contributed by atoms with Crippen LogP contribution in [0.1, 0.15) is 179 Å². The van der Waals surface area contributed by atoms with Gasteiger partial charge in [-0.05, 0) is 93.0 Å². The van der Waals surface area contributed by atoms with Gasteiger partial charge in [0, 0.05) is 68.7 Å². The predicted molar refractivity (Wildman–Crippen MR) is 356 cm³/mol. The summed E-state index contributed by atoms with van der Waals surface area (Å²) in [6.45, 7) is 14.7. The van der Waals surface area contributed by atoms with Gasteiger partial charge in [-0.2, -0.15) is 0 Å². The smallest absolute Gasteiger partial charge is 0.286 e. The Labute approximate surface area is 553 Å². The highest BCUT2D eigenvalue weighted by molar-refractivity contribution is 5.94. The van der Waals surface area contributed by atoms with Crippen LogP contribution in [0.3, 0.4) is 0 Å². The van der Waals surface area contributed by atoms with E-state index < -0.39 is 99.4 Å². The van der Waals surface area contributed by atoms with E-state index >= 15 is 0 Å². The van der Waals surface area contributed by atoms with E-state index in [-0.39, 0.29) is 47.6 Å². The number of rotatable bonds is 46. The van der Waals surface area contributed by atoms with Crippen LogP contribution in [0.2, 0.25) is 0 Å². The van der Waals surface area contributed by atoms with Crippen LogP contribution in [0.4, 0.5) is 51.2 Å². The third-order valence-electron chi connectivity index (χ3n) is 17.3. The van der Waals surface area contributed by atoms with Gasteiger partial charge >= 0.3 is 0 Å². The first-order valence-corrected chi connectivity index (χ1v) is 32.5. The molecule has 0 unspecified atom stereocenters. The lowest BCUT2D eigenvalue weighted by Crippen LogP contribution is -3.00. The van der Waals surface area contributed by atoms with Crippen molar-refractivity contribution in [2.45, 2.75) is 175 Å². The lowest BCUT2D eigenvalue weighted by Gasteiger charge is -2.35. The second-order valence-electron chi connectivity index (χ2n) is 23.5. The second kappa shape index (κ2) is 40.4. The van der Waals surface area contributed by atoms with Crippen LogP contribution in [0.15, 0.2) is 79.1 Å². The Hall–Kier alpha value is -8.59. The molecule has 0 aliphatic carbocycles. The highest BCUT2D eigenvalue weighted by Crippen LogP contribution is 2.54. The number of nitro benzene ring substituents is 6. The van der Waals surface area contributed by atoms with Gasteiger partial charge in [-0.25, -0.2) is 4.57 Å². The lowest BCUT2D eigenvalue weighted by atomic mass is 10.0. The molecule has 0 radical (unpaired) electrons. The van der Waals surface area contributed by atoms with E-state index in [1.165, 1.54) is 116 Å². The Balaban J connectivity index is 0.0000184. The zero-order chi connectivity index (χ0) is 67.0. The zero-order valence-corrected chi connectivity index (χ0v) is 55.7. The molecule has 2 N–H and O–H groups in total. The Kier molecular flexibility index (Phi) is 33.4. The Morgan fingerprint density at radius 2 is 0.968 bits per heavy atom. The van der Waals surface area contributed by atoms with Gasteiger partial charge in [0.1, 0.15) is 5.56 Å². The number of nitrogens with one attached hydrogen (secondary N) is 2. The molecule has 2 amide bonds. The average molecular weight is 1360 g/mol. The highest BCUT2D eigenvalue weighted by Gasteiger charge is 2.35. The van der Waals surface area contributed by atoms with Crippen molar-refractivity contribution in [3.8, 4) is 0 Å². The number of unbranched alkanes of at least 4 members (excludes halogenated alkanes) is 17. The number of hydrogen-bond acceptors (Lipinski definition) is 15. The molecule has 27 heteroatoms. The summed E-state index contributed by atoms with van der Waals surface area (Å²) >= 11 is 0. The largest absolute Gasteiger partial charge is 1.00 e. The van der Waals surface area contributed by atoms with Crippen LogP contribution < -0.4 is 37.1 Å². The van der Waals surface area contributed by atoms with Crippen LogP contribution >= 0.6 is 0 Å². The van der Waals surface area contributed by atoms with Gasteiger partial charge in [-0.15, -0.1) is 0 Å². The Morgan fingerprint density at radius 1 is 0.505 bits per heavy atom. The number of amides is 2. The molecule has 1 heterocycles. The quantitative estimate of drug-likeness (QED) is 0.0120. The summed E-state index contributed by atoms with van der Waals surface area (Å²) < 4.78 is 3.49. The first-order valence-electron chi connectivity index (χ1n) is 32.5. The molecule has 26 nitrogen and oxygen atoms in total. The number of pyridine rings is 1. The van der Waals surface area contributed by atoms with Gasteiger partial charge in [0.05, 0.1) is 80.3 Å². The van der Waals surface area contributed by atoms with Gasteiger partial charge in [-0.3, -0.25) is 70.3 Å². The van der Waals surface area contributed by atoms with Crippen molar-refractivity contribution >= 4 is 85.9 Å². The maximum absolute atomic E-state index is 12.8. The van der Waals surface area contributed by atoms with Crippen LogP contribution in [0, 0.1) is 60.7 Å². The van der Waals surface area contributed by atoms with E-state index in [9.17, 15) is 70.3 Å². The van der Waals surface area contributed by atoms with E-state index in [2.05, 4.69) is 126 Å². The first-order chi connectivity index (χ1) is 44.2. The number of quaternary nitrogens is 1. The molecule has 0 bridgehead atoms. The fourth-order valence-corrected chi connectivity index (χ4v) is 11.5. The SMILES string of the molecule is CC[N+](CC)(CC)CCC[n+]1ccc(/C=C/c2ccc3cc(N(C)CCCCCCCCCCCCNC(=O)CCCCCCCCCCCNC(=O)CCc4c([N+](=O)[O-])cc([N+](=O)[O-])c([N-]c5c([N+](=O)[O-])cc([N+](=O)[O-])cc5[N+](=O)[O-])c4[N+](=O)[O-])ccc3c2)cc1.[Br-]. The maximum atomic E-state index is 12.8. The van der Waals surface area contributed by atoms with Crippen molar-refractivity contribution in [1.82, 2.24) is 10.6 Å². The molecule has 0 fully saturated rings. The topological polar surface area (TPSA) is 338 Å². The second-order valence-corrected chi connectivity index (χ2v) is 23.5. The molecule has 5 aromatic rings. The zero-order valence-electron chi connectivity index (χ0n) is 54.1. The predicted octanol–water partition coefficient (Wildman–Crippen LogP) is 12.5. The molecule has 4 aromatic carbocycles. The molecule has 506 valence electrons. The van der Waals surface area contributed by atoms with E-state index in [0.29, 0.717) is 19.4 Å². The molecule has 0 atom stereocenters. The monoisotopic (exact) mass is 1350 g/mol. The average Bonchev–Trinajstić information content (AvgIpc) is 0.782.